The Bertz CT molecular complexity index is 684. The first kappa shape index (κ1) is 14.6. The normalized spacial score (nSPS) is 24.5. The van der Waals surface area contributed by atoms with Gasteiger partial charge in [-0.25, -0.2) is 4.68 Å². The first-order valence-corrected chi connectivity index (χ1v) is 8.48. The van der Waals surface area contributed by atoms with Crippen molar-refractivity contribution in [1.29, 1.82) is 0 Å². The molecule has 1 N–H and O–H groups in total. The summed E-state index contributed by atoms with van der Waals surface area (Å²) in [6.07, 6.45) is 3.84. The lowest BCUT2D eigenvalue weighted by atomic mass is 9.79. The number of rotatable bonds is 2. The van der Waals surface area contributed by atoms with Crippen LogP contribution in [0.1, 0.15) is 30.7 Å². The fraction of sp³-hybridized carbons (Fsp3) is 0.588. The van der Waals surface area contributed by atoms with E-state index in [1.165, 1.54) is 19.3 Å². The van der Waals surface area contributed by atoms with Crippen molar-refractivity contribution in [2.45, 2.75) is 33.1 Å². The molecule has 2 fully saturated rings. The summed E-state index contributed by atoms with van der Waals surface area (Å²) in [5.74, 6) is 1.77. The molecule has 0 amide bonds. The monoisotopic (exact) mass is 312 g/mol. The van der Waals surface area contributed by atoms with Crippen LogP contribution in [-0.2, 0) is 0 Å². The molecule has 1 spiro atoms. The van der Waals surface area contributed by atoms with Crippen LogP contribution in [-0.4, -0.2) is 46.2 Å². The molecule has 2 aromatic rings. The van der Waals surface area contributed by atoms with E-state index in [4.69, 9.17) is 0 Å². The largest absolute Gasteiger partial charge is 0.355 e. The molecule has 0 radical (unpaired) electrons. The minimum absolute atomic E-state index is 0.439. The molecule has 6 heteroatoms. The van der Waals surface area contributed by atoms with Gasteiger partial charge in [0.05, 0.1) is 5.69 Å². The Labute approximate surface area is 136 Å². The molecular weight excluding hydrogens is 288 g/mol. The van der Waals surface area contributed by atoms with Crippen LogP contribution in [0.3, 0.4) is 0 Å². The van der Waals surface area contributed by atoms with Gasteiger partial charge in [-0.3, -0.25) is 0 Å². The number of piperidine rings is 1. The summed E-state index contributed by atoms with van der Waals surface area (Å²) in [5.41, 5.74) is 2.52. The molecule has 2 saturated heterocycles. The lowest BCUT2D eigenvalue weighted by molar-refractivity contribution is 0.260. The predicted octanol–water partition coefficient (Wildman–Crippen LogP) is 1.86. The van der Waals surface area contributed by atoms with Crippen LogP contribution in [0.2, 0.25) is 0 Å². The molecule has 23 heavy (non-hydrogen) atoms. The predicted molar refractivity (Wildman–Crippen MR) is 90.0 cm³/mol. The van der Waals surface area contributed by atoms with Crippen molar-refractivity contribution in [2.24, 2.45) is 5.41 Å². The van der Waals surface area contributed by atoms with E-state index < -0.39 is 0 Å². The molecule has 0 bridgehead atoms. The van der Waals surface area contributed by atoms with Crippen molar-refractivity contribution in [3.05, 3.63) is 29.6 Å². The Morgan fingerprint density at radius 3 is 2.61 bits per heavy atom. The third-order valence-corrected chi connectivity index (χ3v) is 5.18. The van der Waals surface area contributed by atoms with Gasteiger partial charge in [0.2, 0.25) is 0 Å². The van der Waals surface area contributed by atoms with Gasteiger partial charge in [0.15, 0.2) is 11.6 Å². The van der Waals surface area contributed by atoms with Crippen molar-refractivity contribution in [3.8, 4) is 5.82 Å². The van der Waals surface area contributed by atoms with Crippen LogP contribution in [0.15, 0.2) is 18.2 Å². The zero-order valence-corrected chi connectivity index (χ0v) is 13.9. The summed E-state index contributed by atoms with van der Waals surface area (Å²) in [7, 11) is 0. The Hall–Kier alpha value is -1.95. The van der Waals surface area contributed by atoms with E-state index in [0.717, 1.165) is 49.2 Å². The molecule has 1 unspecified atom stereocenters. The maximum Gasteiger partial charge on any atom is 0.176 e. The van der Waals surface area contributed by atoms with E-state index in [9.17, 15) is 0 Å². The summed E-state index contributed by atoms with van der Waals surface area (Å²) in [6.45, 7) is 8.49. The summed E-state index contributed by atoms with van der Waals surface area (Å²) >= 11 is 0. The molecule has 2 aromatic heterocycles. The van der Waals surface area contributed by atoms with Gasteiger partial charge >= 0.3 is 0 Å². The molecule has 1 atom stereocenters. The first-order valence-electron chi connectivity index (χ1n) is 8.48. The smallest absolute Gasteiger partial charge is 0.176 e. The fourth-order valence-corrected chi connectivity index (χ4v) is 4.01. The lowest BCUT2D eigenvalue weighted by Gasteiger charge is -2.40. The first-order chi connectivity index (χ1) is 11.2. The number of aromatic nitrogens is 4. The molecule has 4 heterocycles. The summed E-state index contributed by atoms with van der Waals surface area (Å²) < 4.78 is 1.85. The van der Waals surface area contributed by atoms with Crippen molar-refractivity contribution in [1.82, 2.24) is 25.3 Å². The van der Waals surface area contributed by atoms with Gasteiger partial charge in [-0.1, -0.05) is 0 Å². The van der Waals surface area contributed by atoms with E-state index in [2.05, 4.69) is 37.6 Å². The second kappa shape index (κ2) is 5.60. The quantitative estimate of drug-likeness (QED) is 0.917. The Morgan fingerprint density at radius 1 is 1.13 bits per heavy atom. The highest BCUT2D eigenvalue weighted by atomic mass is 15.4. The molecular formula is C17H24N6. The van der Waals surface area contributed by atoms with E-state index in [-0.39, 0.29) is 0 Å². The van der Waals surface area contributed by atoms with E-state index >= 15 is 0 Å². The van der Waals surface area contributed by atoms with Gasteiger partial charge in [-0.2, -0.15) is 5.10 Å². The van der Waals surface area contributed by atoms with E-state index in [1.54, 1.807) is 0 Å². The Balaban J connectivity index is 1.55. The molecule has 0 aliphatic carbocycles. The summed E-state index contributed by atoms with van der Waals surface area (Å²) in [4.78, 5) is 2.40. The minimum Gasteiger partial charge on any atom is -0.355 e. The molecule has 0 aromatic carbocycles. The minimum atomic E-state index is 0.439. The number of hydrogen-bond donors (Lipinski definition) is 1. The molecule has 122 valence electrons. The highest BCUT2D eigenvalue weighted by Gasteiger charge is 2.38. The second-order valence-electron chi connectivity index (χ2n) is 7.04. The van der Waals surface area contributed by atoms with Gasteiger partial charge in [0.1, 0.15) is 0 Å². The number of nitrogens with one attached hydrogen (secondary N) is 1. The highest BCUT2D eigenvalue weighted by molar-refractivity contribution is 5.41. The Morgan fingerprint density at radius 2 is 1.96 bits per heavy atom. The van der Waals surface area contributed by atoms with Crippen LogP contribution >= 0.6 is 0 Å². The van der Waals surface area contributed by atoms with Crippen molar-refractivity contribution in [3.63, 3.8) is 0 Å². The van der Waals surface area contributed by atoms with E-state index in [0.29, 0.717) is 5.41 Å². The SMILES string of the molecule is Cc1cc(C)n(-c2ccc(N3CCCC4(CCNC4)C3)nn2)n1. The van der Waals surface area contributed by atoms with Crippen LogP contribution in [0.25, 0.3) is 5.82 Å². The van der Waals surface area contributed by atoms with Crippen LogP contribution < -0.4 is 10.2 Å². The number of hydrogen-bond acceptors (Lipinski definition) is 5. The second-order valence-corrected chi connectivity index (χ2v) is 7.04. The average molecular weight is 312 g/mol. The number of nitrogens with zero attached hydrogens (tertiary/aromatic N) is 5. The highest BCUT2D eigenvalue weighted by Crippen LogP contribution is 2.36. The molecule has 0 saturated carbocycles. The topological polar surface area (TPSA) is 58.9 Å². The maximum absolute atomic E-state index is 4.48. The van der Waals surface area contributed by atoms with Crippen molar-refractivity contribution in [2.75, 3.05) is 31.1 Å². The lowest BCUT2D eigenvalue weighted by Crippen LogP contribution is -2.45. The zero-order valence-electron chi connectivity index (χ0n) is 13.9. The molecule has 2 aliphatic rings. The fourth-order valence-electron chi connectivity index (χ4n) is 4.01. The number of aryl methyl sites for hydroxylation is 2. The maximum atomic E-state index is 4.48. The van der Waals surface area contributed by atoms with Gasteiger partial charge in [-0.15, -0.1) is 10.2 Å². The van der Waals surface area contributed by atoms with Gasteiger partial charge in [-0.05, 0) is 57.9 Å². The van der Waals surface area contributed by atoms with Gasteiger partial charge < -0.3 is 10.2 Å². The molecule has 4 rings (SSSR count). The Kier molecular flexibility index (Phi) is 3.56. The van der Waals surface area contributed by atoms with Crippen LogP contribution in [0.4, 0.5) is 5.82 Å². The van der Waals surface area contributed by atoms with Crippen LogP contribution in [0.5, 0.6) is 0 Å². The molecule has 6 nitrogen and oxygen atoms in total. The third-order valence-electron chi connectivity index (χ3n) is 5.18. The van der Waals surface area contributed by atoms with E-state index in [1.807, 2.05) is 24.6 Å². The van der Waals surface area contributed by atoms with Crippen LogP contribution in [0, 0.1) is 19.3 Å². The van der Waals surface area contributed by atoms with Crippen molar-refractivity contribution < 1.29 is 0 Å². The standard InChI is InChI=1S/C17H24N6/c1-13-10-14(2)23(21-13)16-5-4-15(19-20-16)22-9-3-6-17(12-22)7-8-18-11-17/h4-5,10,18H,3,6-9,11-12H2,1-2H3. The van der Waals surface area contributed by atoms with Gasteiger partial charge in [0.25, 0.3) is 0 Å². The number of anilines is 1. The third kappa shape index (κ3) is 2.72. The molecule has 2 aliphatic heterocycles. The van der Waals surface area contributed by atoms with Gasteiger partial charge in [0, 0.05) is 30.7 Å². The summed E-state index contributed by atoms with van der Waals surface area (Å²) in [6, 6.07) is 6.16. The average Bonchev–Trinajstić information content (AvgIpc) is 3.14. The zero-order chi connectivity index (χ0) is 15.9. The van der Waals surface area contributed by atoms with Crippen molar-refractivity contribution >= 4 is 5.82 Å². The summed E-state index contributed by atoms with van der Waals surface area (Å²) in [5, 5.41) is 16.9.